The number of para-hydroxylation sites is 1. The number of nitrogens with zero attached hydrogens (tertiary/aromatic N) is 3. The number of aromatic nitrogens is 2. The van der Waals surface area contributed by atoms with Crippen LogP contribution in [0, 0.1) is 6.92 Å². The first-order valence-electron chi connectivity index (χ1n) is 8.28. The minimum absolute atomic E-state index is 0.266. The summed E-state index contributed by atoms with van der Waals surface area (Å²) in [4.78, 5) is 14.3. The SMILES string of the molecule is Cc1ccccc1NC(=O)c1ccc(Nc2ccc(N(C)C)cc2)nn1. The van der Waals surface area contributed by atoms with Gasteiger partial charge in [0.2, 0.25) is 0 Å². The maximum Gasteiger partial charge on any atom is 0.276 e. The summed E-state index contributed by atoms with van der Waals surface area (Å²) in [5.41, 5.74) is 4.05. The Labute approximate surface area is 152 Å². The van der Waals surface area contributed by atoms with Crippen LogP contribution in [0.1, 0.15) is 16.1 Å². The van der Waals surface area contributed by atoms with Crippen LogP contribution >= 0.6 is 0 Å². The van der Waals surface area contributed by atoms with E-state index in [4.69, 9.17) is 0 Å². The maximum atomic E-state index is 12.3. The van der Waals surface area contributed by atoms with E-state index in [-0.39, 0.29) is 11.6 Å². The van der Waals surface area contributed by atoms with Gasteiger partial charge in [-0.05, 0) is 55.0 Å². The number of carbonyl (C=O) groups is 1. The number of rotatable bonds is 5. The van der Waals surface area contributed by atoms with Crippen molar-refractivity contribution >= 4 is 28.8 Å². The third-order valence-corrected chi connectivity index (χ3v) is 3.95. The molecule has 0 bridgehead atoms. The van der Waals surface area contributed by atoms with Crippen LogP contribution in [0.25, 0.3) is 0 Å². The smallest absolute Gasteiger partial charge is 0.276 e. The van der Waals surface area contributed by atoms with E-state index >= 15 is 0 Å². The molecular weight excluding hydrogens is 326 g/mol. The topological polar surface area (TPSA) is 70.2 Å². The van der Waals surface area contributed by atoms with Crippen LogP contribution in [-0.4, -0.2) is 30.2 Å². The quantitative estimate of drug-likeness (QED) is 0.734. The fourth-order valence-electron chi connectivity index (χ4n) is 2.41. The normalized spacial score (nSPS) is 10.3. The number of benzene rings is 2. The lowest BCUT2D eigenvalue weighted by atomic mass is 10.2. The van der Waals surface area contributed by atoms with Gasteiger partial charge in [-0.3, -0.25) is 4.79 Å². The predicted octanol–water partition coefficient (Wildman–Crippen LogP) is 3.85. The van der Waals surface area contributed by atoms with E-state index in [1.165, 1.54) is 0 Å². The Morgan fingerprint density at radius 3 is 2.27 bits per heavy atom. The lowest BCUT2D eigenvalue weighted by Crippen LogP contribution is -2.15. The molecule has 0 aliphatic heterocycles. The summed E-state index contributed by atoms with van der Waals surface area (Å²) in [6.45, 7) is 1.94. The van der Waals surface area contributed by atoms with Gasteiger partial charge in [-0.25, -0.2) is 0 Å². The van der Waals surface area contributed by atoms with Gasteiger partial charge in [-0.15, -0.1) is 10.2 Å². The number of amides is 1. The molecule has 0 unspecified atom stereocenters. The summed E-state index contributed by atoms with van der Waals surface area (Å²) < 4.78 is 0. The van der Waals surface area contributed by atoms with Crippen molar-refractivity contribution in [3.05, 3.63) is 71.9 Å². The first kappa shape index (κ1) is 17.4. The second-order valence-electron chi connectivity index (χ2n) is 6.14. The molecule has 0 aliphatic carbocycles. The number of aryl methyl sites for hydroxylation is 1. The van der Waals surface area contributed by atoms with Gasteiger partial charge in [0, 0.05) is 31.2 Å². The van der Waals surface area contributed by atoms with Gasteiger partial charge in [-0.2, -0.15) is 0 Å². The molecule has 0 atom stereocenters. The van der Waals surface area contributed by atoms with Crippen molar-refractivity contribution in [3.8, 4) is 0 Å². The predicted molar refractivity (Wildman–Crippen MR) is 105 cm³/mol. The molecule has 2 N–H and O–H groups in total. The first-order valence-corrected chi connectivity index (χ1v) is 8.28. The Morgan fingerprint density at radius 1 is 0.923 bits per heavy atom. The molecule has 26 heavy (non-hydrogen) atoms. The summed E-state index contributed by atoms with van der Waals surface area (Å²) in [5, 5.41) is 14.1. The van der Waals surface area contributed by atoms with Crippen LogP contribution in [0.5, 0.6) is 0 Å². The monoisotopic (exact) mass is 347 g/mol. The van der Waals surface area contributed by atoms with Crippen molar-refractivity contribution in [3.63, 3.8) is 0 Å². The van der Waals surface area contributed by atoms with Crippen molar-refractivity contribution < 1.29 is 4.79 Å². The fraction of sp³-hybridized carbons (Fsp3) is 0.150. The van der Waals surface area contributed by atoms with Gasteiger partial charge < -0.3 is 15.5 Å². The van der Waals surface area contributed by atoms with Gasteiger partial charge in [0.25, 0.3) is 5.91 Å². The lowest BCUT2D eigenvalue weighted by molar-refractivity contribution is 0.102. The van der Waals surface area contributed by atoms with Crippen LogP contribution in [0.2, 0.25) is 0 Å². The summed E-state index contributed by atoms with van der Waals surface area (Å²) in [6.07, 6.45) is 0. The van der Waals surface area contributed by atoms with E-state index in [2.05, 4.69) is 20.8 Å². The third-order valence-electron chi connectivity index (χ3n) is 3.95. The number of carbonyl (C=O) groups excluding carboxylic acids is 1. The maximum absolute atomic E-state index is 12.3. The third kappa shape index (κ3) is 4.16. The molecule has 1 amide bonds. The van der Waals surface area contributed by atoms with E-state index in [9.17, 15) is 4.79 Å². The van der Waals surface area contributed by atoms with Gasteiger partial charge in [0.05, 0.1) is 0 Å². The average Bonchev–Trinajstić information content (AvgIpc) is 2.64. The van der Waals surface area contributed by atoms with Gasteiger partial charge in [-0.1, -0.05) is 18.2 Å². The Hall–Kier alpha value is -3.41. The van der Waals surface area contributed by atoms with Crippen LogP contribution in [0.4, 0.5) is 22.9 Å². The molecule has 0 aliphatic rings. The van der Waals surface area contributed by atoms with Crippen molar-refractivity contribution in [1.29, 1.82) is 0 Å². The molecule has 1 aromatic heterocycles. The van der Waals surface area contributed by atoms with E-state index in [1.54, 1.807) is 12.1 Å². The molecule has 0 radical (unpaired) electrons. The molecule has 0 fully saturated rings. The Morgan fingerprint density at radius 2 is 1.65 bits per heavy atom. The molecule has 0 saturated heterocycles. The average molecular weight is 347 g/mol. The molecular formula is C20H21N5O. The molecule has 6 heteroatoms. The summed E-state index contributed by atoms with van der Waals surface area (Å²) in [7, 11) is 3.99. The molecule has 132 valence electrons. The number of anilines is 4. The highest BCUT2D eigenvalue weighted by Crippen LogP contribution is 2.19. The van der Waals surface area contributed by atoms with Crippen molar-refractivity contribution in [2.24, 2.45) is 0 Å². The van der Waals surface area contributed by atoms with E-state index in [0.29, 0.717) is 5.82 Å². The van der Waals surface area contributed by atoms with Crippen LogP contribution < -0.4 is 15.5 Å². The zero-order valence-corrected chi connectivity index (χ0v) is 15.0. The largest absolute Gasteiger partial charge is 0.378 e. The van der Waals surface area contributed by atoms with E-state index in [0.717, 1.165) is 22.6 Å². The summed E-state index contributed by atoms with van der Waals surface area (Å²) in [5.74, 6) is 0.295. The van der Waals surface area contributed by atoms with Gasteiger partial charge in [0.15, 0.2) is 11.5 Å². The highest BCUT2D eigenvalue weighted by molar-refractivity contribution is 6.03. The molecule has 1 heterocycles. The Kier molecular flexibility index (Phi) is 5.12. The van der Waals surface area contributed by atoms with Crippen molar-refractivity contribution in [2.75, 3.05) is 29.6 Å². The molecule has 0 spiro atoms. The molecule has 3 rings (SSSR count). The zero-order valence-electron chi connectivity index (χ0n) is 15.0. The second-order valence-corrected chi connectivity index (χ2v) is 6.14. The minimum Gasteiger partial charge on any atom is -0.378 e. The van der Waals surface area contributed by atoms with Gasteiger partial charge in [0.1, 0.15) is 0 Å². The fourth-order valence-corrected chi connectivity index (χ4v) is 2.41. The first-order chi connectivity index (χ1) is 12.5. The highest BCUT2D eigenvalue weighted by atomic mass is 16.1. The molecule has 2 aromatic carbocycles. The van der Waals surface area contributed by atoms with E-state index in [1.807, 2.05) is 74.4 Å². The van der Waals surface area contributed by atoms with Crippen LogP contribution in [0.15, 0.2) is 60.7 Å². The van der Waals surface area contributed by atoms with E-state index < -0.39 is 0 Å². The summed E-state index contributed by atoms with van der Waals surface area (Å²) >= 11 is 0. The van der Waals surface area contributed by atoms with Gasteiger partial charge >= 0.3 is 0 Å². The number of hydrogen-bond acceptors (Lipinski definition) is 5. The Balaban J connectivity index is 1.66. The van der Waals surface area contributed by atoms with Crippen molar-refractivity contribution in [1.82, 2.24) is 10.2 Å². The molecule has 0 saturated carbocycles. The second kappa shape index (κ2) is 7.65. The number of hydrogen-bond donors (Lipinski definition) is 2. The Bertz CT molecular complexity index is 889. The molecule has 3 aromatic rings. The number of nitrogens with one attached hydrogen (secondary N) is 2. The van der Waals surface area contributed by atoms with Crippen molar-refractivity contribution in [2.45, 2.75) is 6.92 Å². The van der Waals surface area contributed by atoms with Crippen LogP contribution in [-0.2, 0) is 0 Å². The highest BCUT2D eigenvalue weighted by Gasteiger charge is 2.10. The minimum atomic E-state index is -0.284. The van der Waals surface area contributed by atoms with Crippen LogP contribution in [0.3, 0.4) is 0 Å². The summed E-state index contributed by atoms with van der Waals surface area (Å²) in [6, 6.07) is 18.9. The zero-order chi connectivity index (χ0) is 18.5. The molecule has 6 nitrogen and oxygen atoms in total. The standard InChI is InChI=1S/C20H21N5O/c1-14-6-4-5-7-17(14)22-20(26)18-12-13-19(24-23-18)21-15-8-10-16(11-9-15)25(2)3/h4-13H,1-3H3,(H,21,24)(H,22,26). The lowest BCUT2D eigenvalue weighted by Gasteiger charge is -2.13.